The Kier molecular flexibility index (Phi) is 8.01. The molecule has 11 nitrogen and oxygen atoms in total. The van der Waals surface area contributed by atoms with Crippen LogP contribution in [0, 0.1) is 11.6 Å². The first-order valence-corrected chi connectivity index (χ1v) is 10.4. The fourth-order valence-corrected chi connectivity index (χ4v) is 3.59. The molecule has 14 heteroatoms. The minimum Gasteiger partial charge on any atom is -0.481 e. The number of aliphatic hydroxyl groups is 2. The number of benzene rings is 1. The van der Waals surface area contributed by atoms with Gasteiger partial charge in [-0.05, 0) is 29.6 Å². The van der Waals surface area contributed by atoms with Crippen LogP contribution in [0.5, 0.6) is 5.75 Å². The minimum absolute atomic E-state index is 0.129. The number of halogens is 2. The molecule has 0 atom stereocenters. The van der Waals surface area contributed by atoms with Crippen molar-refractivity contribution in [3.05, 3.63) is 62.9 Å². The minimum atomic E-state index is -2.25. The smallest absolute Gasteiger partial charge is 0.294 e. The number of nitrogens with one attached hydrogen (secondary N) is 3. The summed E-state index contributed by atoms with van der Waals surface area (Å²) in [5.41, 5.74) is -0.101. The number of H-pyrrole nitrogens is 1. The van der Waals surface area contributed by atoms with E-state index in [1.54, 1.807) is 5.38 Å². The van der Waals surface area contributed by atoms with Crippen molar-refractivity contribution in [2.75, 3.05) is 5.32 Å². The number of rotatable bonds is 9. The van der Waals surface area contributed by atoms with Crippen LogP contribution in [-0.4, -0.2) is 37.2 Å². The lowest BCUT2D eigenvalue weighted by Gasteiger charge is -2.13. The van der Waals surface area contributed by atoms with E-state index in [9.17, 15) is 33.4 Å². The maximum absolute atomic E-state index is 13.8. The van der Waals surface area contributed by atoms with E-state index in [1.807, 2.05) is 0 Å². The first-order valence-electron chi connectivity index (χ1n) is 9.57. The van der Waals surface area contributed by atoms with Crippen LogP contribution in [0.15, 0.2) is 34.4 Å². The highest BCUT2D eigenvalue weighted by Crippen LogP contribution is 2.32. The first-order chi connectivity index (χ1) is 16.2. The van der Waals surface area contributed by atoms with Gasteiger partial charge in [0.05, 0.1) is 10.6 Å². The Morgan fingerprint density at radius 3 is 2.62 bits per heavy atom. The van der Waals surface area contributed by atoms with Crippen molar-refractivity contribution < 1.29 is 38.5 Å². The molecule has 2 aromatic heterocycles. The third-order valence-corrected chi connectivity index (χ3v) is 5.31. The van der Waals surface area contributed by atoms with E-state index in [0.29, 0.717) is 0 Å². The van der Waals surface area contributed by atoms with Gasteiger partial charge < -0.3 is 25.3 Å². The van der Waals surface area contributed by atoms with Crippen molar-refractivity contribution in [1.82, 2.24) is 15.4 Å². The normalized spacial score (nSPS) is 10.9. The SMILES string of the molecule is O=C(CCC(=O)Nc1ccsc1-c1nc(C(O)O)c(OCc2cc(F)ccc2F)c(=O)[nH]1)NO. The van der Waals surface area contributed by atoms with E-state index in [1.165, 1.54) is 11.5 Å². The molecular weight excluding hydrogens is 478 g/mol. The van der Waals surface area contributed by atoms with Crippen LogP contribution >= 0.6 is 11.3 Å². The fraction of sp³-hybridized carbons (Fsp3) is 0.200. The van der Waals surface area contributed by atoms with Gasteiger partial charge in [-0.2, -0.15) is 0 Å². The number of carbonyl (C=O) groups excluding carboxylic acids is 2. The molecule has 2 amide bonds. The Bertz CT molecular complexity index is 1260. The van der Waals surface area contributed by atoms with Gasteiger partial charge in [-0.1, -0.05) is 0 Å². The van der Waals surface area contributed by atoms with Crippen LogP contribution in [0.2, 0.25) is 0 Å². The highest BCUT2D eigenvalue weighted by Gasteiger charge is 2.22. The van der Waals surface area contributed by atoms with E-state index in [0.717, 1.165) is 29.5 Å². The summed E-state index contributed by atoms with van der Waals surface area (Å²) in [6, 6.07) is 4.15. The lowest BCUT2D eigenvalue weighted by atomic mass is 10.2. The first kappa shape index (κ1) is 24.9. The summed E-state index contributed by atoms with van der Waals surface area (Å²) in [6.45, 7) is -0.588. The van der Waals surface area contributed by atoms with E-state index < -0.39 is 53.3 Å². The zero-order chi connectivity index (χ0) is 24.8. The van der Waals surface area contributed by atoms with Crippen LogP contribution in [0.4, 0.5) is 14.5 Å². The van der Waals surface area contributed by atoms with Crippen molar-refractivity contribution in [3.8, 4) is 16.5 Å². The van der Waals surface area contributed by atoms with Crippen LogP contribution < -0.4 is 21.1 Å². The molecule has 34 heavy (non-hydrogen) atoms. The van der Waals surface area contributed by atoms with Crippen LogP contribution in [0.25, 0.3) is 10.7 Å². The van der Waals surface area contributed by atoms with Gasteiger partial charge in [0.15, 0.2) is 12.1 Å². The number of thiophene rings is 1. The third-order valence-electron chi connectivity index (χ3n) is 4.39. The van der Waals surface area contributed by atoms with Crippen molar-refractivity contribution in [1.29, 1.82) is 0 Å². The molecule has 0 unspecified atom stereocenters. The van der Waals surface area contributed by atoms with Gasteiger partial charge in [0.2, 0.25) is 17.6 Å². The van der Waals surface area contributed by atoms with Crippen molar-refractivity contribution in [2.24, 2.45) is 0 Å². The number of anilines is 1. The molecular formula is C20H18F2N4O7S. The van der Waals surface area contributed by atoms with Gasteiger partial charge in [-0.15, -0.1) is 11.3 Å². The maximum Gasteiger partial charge on any atom is 0.294 e. The predicted molar refractivity (Wildman–Crippen MR) is 114 cm³/mol. The quantitative estimate of drug-likeness (QED) is 0.147. The highest BCUT2D eigenvalue weighted by molar-refractivity contribution is 7.14. The number of hydroxylamine groups is 1. The number of aromatic nitrogens is 2. The average Bonchev–Trinajstić information content (AvgIpc) is 3.26. The van der Waals surface area contributed by atoms with E-state index in [-0.39, 0.29) is 34.8 Å². The van der Waals surface area contributed by atoms with Gasteiger partial charge in [0, 0.05) is 18.4 Å². The molecule has 0 aliphatic rings. The zero-order valence-electron chi connectivity index (χ0n) is 17.2. The molecule has 2 heterocycles. The van der Waals surface area contributed by atoms with Gasteiger partial charge >= 0.3 is 0 Å². The molecule has 0 spiro atoms. The summed E-state index contributed by atoms with van der Waals surface area (Å²) in [6.07, 6.45) is -2.76. The largest absolute Gasteiger partial charge is 0.481 e. The van der Waals surface area contributed by atoms with Gasteiger partial charge in [0.25, 0.3) is 5.56 Å². The Hall–Kier alpha value is -3.72. The summed E-state index contributed by atoms with van der Waals surface area (Å²) in [7, 11) is 0. The molecule has 3 rings (SSSR count). The second-order valence-corrected chi connectivity index (χ2v) is 7.69. The zero-order valence-corrected chi connectivity index (χ0v) is 18.0. The molecule has 1 aromatic carbocycles. The van der Waals surface area contributed by atoms with Crippen molar-refractivity contribution >= 4 is 28.8 Å². The number of carbonyl (C=O) groups is 2. The Labute approximate surface area is 193 Å². The van der Waals surface area contributed by atoms with Gasteiger partial charge in [-0.3, -0.25) is 19.6 Å². The molecule has 3 aromatic rings. The van der Waals surface area contributed by atoms with E-state index in [4.69, 9.17) is 9.94 Å². The van der Waals surface area contributed by atoms with E-state index >= 15 is 0 Å². The third kappa shape index (κ3) is 5.99. The molecule has 0 saturated carbocycles. The fourth-order valence-electron chi connectivity index (χ4n) is 2.79. The topological polar surface area (TPSA) is 174 Å². The summed E-state index contributed by atoms with van der Waals surface area (Å²) < 4.78 is 32.4. The molecule has 0 aliphatic carbocycles. The molecule has 0 aliphatic heterocycles. The number of nitrogens with zero attached hydrogens (tertiary/aromatic N) is 1. The number of aromatic amines is 1. The summed E-state index contributed by atoms with van der Waals surface area (Å²) in [5.74, 6) is -3.57. The molecule has 6 N–H and O–H groups in total. The van der Waals surface area contributed by atoms with Gasteiger partial charge in [-0.25, -0.2) is 19.2 Å². The number of ether oxygens (including phenoxy) is 1. The predicted octanol–water partition coefficient (Wildman–Crippen LogP) is 1.56. The van der Waals surface area contributed by atoms with Crippen LogP contribution in [-0.2, 0) is 16.2 Å². The van der Waals surface area contributed by atoms with Crippen molar-refractivity contribution in [2.45, 2.75) is 25.7 Å². The molecule has 0 radical (unpaired) electrons. The average molecular weight is 496 g/mol. The lowest BCUT2D eigenvalue weighted by molar-refractivity contribution is -0.131. The molecule has 0 saturated heterocycles. The van der Waals surface area contributed by atoms with Gasteiger partial charge in [0.1, 0.15) is 23.9 Å². The number of hydrogen-bond donors (Lipinski definition) is 6. The van der Waals surface area contributed by atoms with Crippen LogP contribution in [0.3, 0.4) is 0 Å². The summed E-state index contributed by atoms with van der Waals surface area (Å²) >= 11 is 1.06. The summed E-state index contributed by atoms with van der Waals surface area (Å²) in [5, 5.41) is 32.0. The number of hydrogen-bond acceptors (Lipinski definition) is 9. The van der Waals surface area contributed by atoms with Crippen LogP contribution in [0.1, 0.15) is 30.4 Å². The second-order valence-electron chi connectivity index (χ2n) is 6.77. The number of aliphatic hydroxyl groups excluding tert-OH is 1. The van der Waals surface area contributed by atoms with E-state index in [2.05, 4.69) is 15.3 Å². The second kappa shape index (κ2) is 10.9. The maximum atomic E-state index is 13.8. The Balaban J connectivity index is 1.86. The monoisotopic (exact) mass is 496 g/mol. The highest BCUT2D eigenvalue weighted by atomic mass is 32.1. The number of amides is 2. The lowest BCUT2D eigenvalue weighted by Crippen LogP contribution is -2.21. The molecule has 0 bridgehead atoms. The Morgan fingerprint density at radius 2 is 1.91 bits per heavy atom. The molecule has 180 valence electrons. The molecule has 0 fully saturated rings. The standard InChI is InChI=1S/C20H18F2N4O7S/c21-10-1-2-11(22)9(7-10)8-33-16-15(20(30)31)24-18(25-19(16)29)17-12(5-6-34-17)23-13(27)3-4-14(28)26-32/h1-2,5-7,20,30-32H,3-4,8H2,(H,23,27)(H,26,28)(H,24,25,29). The van der Waals surface area contributed by atoms with Crippen molar-refractivity contribution in [3.63, 3.8) is 0 Å². The Morgan fingerprint density at radius 1 is 1.18 bits per heavy atom. The summed E-state index contributed by atoms with van der Waals surface area (Å²) in [4.78, 5) is 42.4.